The summed E-state index contributed by atoms with van der Waals surface area (Å²) >= 11 is 0.786. The monoisotopic (exact) mass is 181 g/mol. The van der Waals surface area contributed by atoms with Crippen LogP contribution in [0.2, 0.25) is 0 Å². The van der Waals surface area contributed by atoms with Crippen molar-refractivity contribution in [1.29, 1.82) is 0 Å². The van der Waals surface area contributed by atoms with E-state index < -0.39 is 11.5 Å². The highest BCUT2D eigenvalue weighted by Crippen LogP contribution is 2.20. The third-order valence-corrected chi connectivity index (χ3v) is 2.26. The number of hydrogen-bond donors (Lipinski definition) is 2. The van der Waals surface area contributed by atoms with Gasteiger partial charge in [0.25, 0.3) is 0 Å². The van der Waals surface area contributed by atoms with Gasteiger partial charge in [0, 0.05) is 5.25 Å². The molecule has 3 N–H and O–H groups in total. The van der Waals surface area contributed by atoms with Crippen molar-refractivity contribution >= 4 is 17.7 Å². The van der Waals surface area contributed by atoms with Crippen molar-refractivity contribution in [3.8, 4) is 0 Å². The van der Waals surface area contributed by atoms with Gasteiger partial charge in [0.15, 0.2) is 0 Å². The molecule has 2 atom stereocenters. The van der Waals surface area contributed by atoms with Gasteiger partial charge in [0.1, 0.15) is 0 Å². The summed E-state index contributed by atoms with van der Waals surface area (Å²) in [7, 11) is 0. The Hall–Kier alpha value is -0.290. The largest absolute Gasteiger partial charge is 0.478 e. The summed E-state index contributed by atoms with van der Waals surface area (Å²) in [6, 6.07) is 0. The second-order valence-electron chi connectivity index (χ2n) is 2.18. The number of thioether (sulfide) groups is 1. The lowest BCUT2D eigenvalue weighted by molar-refractivity contribution is -0.139. The van der Waals surface area contributed by atoms with Crippen molar-refractivity contribution in [2.24, 2.45) is 5.73 Å². The molecule has 0 aromatic carbocycles. The molecule has 5 heteroatoms. The van der Waals surface area contributed by atoms with Crippen LogP contribution in [0.15, 0.2) is 0 Å². The van der Waals surface area contributed by atoms with E-state index in [1.54, 1.807) is 6.92 Å². The van der Waals surface area contributed by atoms with Crippen LogP contribution in [0.1, 0.15) is 13.3 Å². The molecule has 0 amide bonds. The molecule has 0 saturated heterocycles. The number of nitrogens with two attached hydrogens (primary N) is 1. The quantitative estimate of drug-likeness (QED) is 0.659. The molecular weight excluding hydrogens is 169 g/mol. The van der Waals surface area contributed by atoms with Crippen LogP contribution in [0.5, 0.6) is 0 Å². The second kappa shape index (κ2) is 5.37. The van der Waals surface area contributed by atoms with E-state index >= 15 is 0 Å². The fourth-order valence-corrected chi connectivity index (χ4v) is 1.36. The molecule has 0 aliphatic rings. The van der Waals surface area contributed by atoms with Crippen LogP contribution in [-0.4, -0.2) is 28.4 Å². The van der Waals surface area contributed by atoms with Gasteiger partial charge in [-0.25, -0.2) is 9.18 Å². The molecule has 2 unspecified atom stereocenters. The Morgan fingerprint density at radius 1 is 1.82 bits per heavy atom. The van der Waals surface area contributed by atoms with Crippen molar-refractivity contribution in [3.05, 3.63) is 0 Å². The van der Waals surface area contributed by atoms with E-state index in [1.807, 2.05) is 0 Å². The summed E-state index contributed by atoms with van der Waals surface area (Å²) in [6.45, 7) is 2.22. The molecule has 0 aliphatic carbocycles. The predicted octanol–water partition coefficient (Wildman–Crippen LogP) is 0.837. The first kappa shape index (κ1) is 10.7. The SMILES string of the molecule is CC(CCN)SC(F)C(=O)O. The molecule has 66 valence electrons. The van der Waals surface area contributed by atoms with Crippen molar-refractivity contribution in [3.63, 3.8) is 0 Å². The minimum absolute atomic E-state index is 0.0360. The highest BCUT2D eigenvalue weighted by molar-refractivity contribution is 8.01. The third-order valence-electron chi connectivity index (χ3n) is 1.12. The Bertz CT molecular complexity index is 134. The molecule has 11 heavy (non-hydrogen) atoms. The summed E-state index contributed by atoms with van der Waals surface area (Å²) in [5, 5.41) is 8.14. The van der Waals surface area contributed by atoms with Crippen LogP contribution in [0.25, 0.3) is 0 Å². The molecule has 0 heterocycles. The van der Waals surface area contributed by atoms with Crippen molar-refractivity contribution in [2.45, 2.75) is 24.1 Å². The molecule has 0 aliphatic heterocycles. The van der Waals surface area contributed by atoms with Crippen LogP contribution >= 0.6 is 11.8 Å². The topological polar surface area (TPSA) is 63.3 Å². The lowest BCUT2D eigenvalue weighted by atomic mass is 10.3. The number of halogens is 1. The molecule has 0 fully saturated rings. The lowest BCUT2D eigenvalue weighted by Gasteiger charge is -2.09. The molecule has 0 spiro atoms. The van der Waals surface area contributed by atoms with Gasteiger partial charge in [-0.15, -0.1) is 11.8 Å². The van der Waals surface area contributed by atoms with Gasteiger partial charge in [0.05, 0.1) is 0 Å². The molecule has 0 saturated carbocycles. The Morgan fingerprint density at radius 3 is 2.73 bits per heavy atom. The summed E-state index contributed by atoms with van der Waals surface area (Å²) < 4.78 is 12.4. The van der Waals surface area contributed by atoms with E-state index in [2.05, 4.69) is 0 Å². The Labute approximate surface area is 69.1 Å². The van der Waals surface area contributed by atoms with Crippen molar-refractivity contribution in [2.75, 3.05) is 6.54 Å². The fourth-order valence-electron chi connectivity index (χ4n) is 0.565. The maximum atomic E-state index is 12.4. The molecule has 3 nitrogen and oxygen atoms in total. The average molecular weight is 181 g/mol. The minimum Gasteiger partial charge on any atom is -0.478 e. The van der Waals surface area contributed by atoms with Gasteiger partial charge in [-0.3, -0.25) is 0 Å². The number of carboxylic acid groups (broad SMARTS) is 1. The van der Waals surface area contributed by atoms with E-state index in [0.29, 0.717) is 13.0 Å². The first-order valence-corrected chi connectivity index (χ1v) is 4.24. The van der Waals surface area contributed by atoms with Crippen molar-refractivity contribution < 1.29 is 14.3 Å². The molecular formula is C6H12FNO2S. The van der Waals surface area contributed by atoms with E-state index in [0.717, 1.165) is 11.8 Å². The maximum absolute atomic E-state index is 12.4. The highest BCUT2D eigenvalue weighted by Gasteiger charge is 2.18. The van der Waals surface area contributed by atoms with Crippen LogP contribution < -0.4 is 5.73 Å². The standard InChI is InChI=1S/C6H12FNO2S/c1-4(2-3-8)11-5(7)6(9)10/h4-5H,2-3,8H2,1H3,(H,9,10). The molecule has 0 radical (unpaired) electrons. The smallest absolute Gasteiger partial charge is 0.348 e. The zero-order chi connectivity index (χ0) is 8.85. The summed E-state index contributed by atoms with van der Waals surface area (Å²) in [4.78, 5) is 10.0. The van der Waals surface area contributed by atoms with Gasteiger partial charge < -0.3 is 10.8 Å². The van der Waals surface area contributed by atoms with Gasteiger partial charge in [-0.05, 0) is 13.0 Å². The summed E-state index contributed by atoms with van der Waals surface area (Å²) in [5.41, 5.74) is 3.38. The first-order chi connectivity index (χ1) is 5.07. The molecule has 0 rings (SSSR count). The first-order valence-electron chi connectivity index (χ1n) is 3.30. The highest BCUT2D eigenvalue weighted by atomic mass is 32.2. The van der Waals surface area contributed by atoms with Gasteiger partial charge in [-0.1, -0.05) is 6.92 Å². The van der Waals surface area contributed by atoms with E-state index in [9.17, 15) is 9.18 Å². The van der Waals surface area contributed by atoms with Crippen LogP contribution in [-0.2, 0) is 4.79 Å². The van der Waals surface area contributed by atoms with Crippen LogP contribution in [0.3, 0.4) is 0 Å². The number of aliphatic carboxylic acids is 1. The average Bonchev–Trinajstić information content (AvgIpc) is 1.87. The van der Waals surface area contributed by atoms with E-state index in [-0.39, 0.29) is 5.25 Å². The number of alkyl halides is 1. The molecule has 0 bridgehead atoms. The number of hydrogen-bond acceptors (Lipinski definition) is 3. The predicted molar refractivity (Wildman–Crippen MR) is 43.3 cm³/mol. The normalized spacial score (nSPS) is 15.9. The summed E-state index contributed by atoms with van der Waals surface area (Å²) in [6.07, 6.45) is 0.637. The van der Waals surface area contributed by atoms with Gasteiger partial charge >= 0.3 is 5.97 Å². The van der Waals surface area contributed by atoms with Gasteiger partial charge in [-0.2, -0.15) is 0 Å². The van der Waals surface area contributed by atoms with Gasteiger partial charge in [0.2, 0.25) is 5.50 Å². The number of rotatable bonds is 5. The summed E-state index contributed by atoms with van der Waals surface area (Å²) in [5.74, 6) is -1.42. The van der Waals surface area contributed by atoms with Crippen LogP contribution in [0, 0.1) is 0 Å². The Kier molecular flexibility index (Phi) is 5.23. The second-order valence-corrected chi connectivity index (χ2v) is 3.67. The molecule has 0 aromatic rings. The molecule has 0 aromatic heterocycles. The zero-order valence-corrected chi connectivity index (χ0v) is 7.10. The zero-order valence-electron chi connectivity index (χ0n) is 6.29. The van der Waals surface area contributed by atoms with Crippen molar-refractivity contribution in [1.82, 2.24) is 0 Å². The Balaban J connectivity index is 3.56. The number of carbonyl (C=O) groups is 1. The third kappa shape index (κ3) is 5.03. The number of carboxylic acids is 1. The van der Waals surface area contributed by atoms with E-state index in [4.69, 9.17) is 10.8 Å². The minimum atomic E-state index is -1.82. The lowest BCUT2D eigenvalue weighted by Crippen LogP contribution is -2.16. The maximum Gasteiger partial charge on any atom is 0.348 e. The fraction of sp³-hybridized carbons (Fsp3) is 0.833. The van der Waals surface area contributed by atoms with Crippen LogP contribution in [0.4, 0.5) is 4.39 Å². The van der Waals surface area contributed by atoms with E-state index in [1.165, 1.54) is 0 Å². The Morgan fingerprint density at radius 2 is 2.36 bits per heavy atom.